The van der Waals surface area contributed by atoms with Crippen LogP contribution in [0.5, 0.6) is 5.75 Å². The Bertz CT molecular complexity index is 852. The maximum Gasteiger partial charge on any atom is 0.240 e. The zero-order valence-corrected chi connectivity index (χ0v) is 16.1. The molecular formula is C18H21ClN2O4S. The lowest BCUT2D eigenvalue weighted by Crippen LogP contribution is -2.27. The van der Waals surface area contributed by atoms with Crippen LogP contribution in [0.2, 0.25) is 5.02 Å². The molecule has 26 heavy (non-hydrogen) atoms. The molecule has 2 rings (SSSR count). The maximum absolute atomic E-state index is 12.1. The maximum atomic E-state index is 12.1. The summed E-state index contributed by atoms with van der Waals surface area (Å²) >= 11 is 5.80. The molecule has 6 nitrogen and oxygen atoms in total. The van der Waals surface area contributed by atoms with Crippen LogP contribution in [-0.4, -0.2) is 27.0 Å². The molecule has 2 N–H and O–H groups in total. The van der Waals surface area contributed by atoms with Crippen LogP contribution >= 0.6 is 11.6 Å². The van der Waals surface area contributed by atoms with Gasteiger partial charge in [0.15, 0.2) is 0 Å². The van der Waals surface area contributed by atoms with E-state index in [9.17, 15) is 13.2 Å². The number of carbonyl (C=O) groups is 1. The lowest BCUT2D eigenvalue weighted by molar-refractivity contribution is -0.116. The molecule has 0 spiro atoms. The molecule has 0 aromatic heterocycles. The molecule has 0 bridgehead atoms. The summed E-state index contributed by atoms with van der Waals surface area (Å²) in [5, 5.41) is 3.04. The predicted octanol–water partition coefficient (Wildman–Crippen LogP) is 3.43. The van der Waals surface area contributed by atoms with E-state index in [2.05, 4.69) is 10.0 Å². The normalized spacial score (nSPS) is 11.4. The van der Waals surface area contributed by atoms with E-state index in [1.165, 1.54) is 12.1 Å². The number of benzene rings is 2. The number of hydrogen-bond donors (Lipinski definition) is 2. The molecule has 0 saturated carbocycles. The molecule has 0 heterocycles. The lowest BCUT2D eigenvalue weighted by Gasteiger charge is -2.11. The molecule has 0 aliphatic heterocycles. The highest BCUT2D eigenvalue weighted by Crippen LogP contribution is 2.17. The van der Waals surface area contributed by atoms with Crippen molar-refractivity contribution in [1.29, 1.82) is 0 Å². The molecule has 0 aliphatic carbocycles. The van der Waals surface area contributed by atoms with Crippen LogP contribution in [-0.2, 0) is 14.8 Å². The summed E-state index contributed by atoms with van der Waals surface area (Å²) in [6.07, 6.45) is 0.0762. The first-order chi connectivity index (χ1) is 12.3. The van der Waals surface area contributed by atoms with Crippen LogP contribution in [0.15, 0.2) is 53.4 Å². The Balaban J connectivity index is 1.83. The van der Waals surface area contributed by atoms with Crippen LogP contribution in [0.25, 0.3) is 0 Å². The monoisotopic (exact) mass is 396 g/mol. The number of anilines is 1. The van der Waals surface area contributed by atoms with Gasteiger partial charge in [0.2, 0.25) is 15.9 Å². The number of ether oxygens (including phenoxy) is 1. The van der Waals surface area contributed by atoms with Crippen molar-refractivity contribution in [3.05, 3.63) is 53.6 Å². The van der Waals surface area contributed by atoms with Gasteiger partial charge in [-0.3, -0.25) is 4.79 Å². The summed E-state index contributed by atoms with van der Waals surface area (Å²) in [5.41, 5.74) is 0.615. The first-order valence-electron chi connectivity index (χ1n) is 8.08. The van der Waals surface area contributed by atoms with Gasteiger partial charge in [0, 0.05) is 23.7 Å². The standard InChI is InChI=1S/C18H21ClN2O4S/c1-13(2)25-16-8-6-15(7-9-16)21-18(22)10-11-20-26(23,24)17-5-3-4-14(19)12-17/h3-9,12-13,20H,10-11H2,1-2H3,(H,21,22). The fraction of sp³-hybridized carbons (Fsp3) is 0.278. The molecule has 0 saturated heterocycles. The van der Waals surface area contributed by atoms with Gasteiger partial charge in [-0.15, -0.1) is 0 Å². The number of carbonyl (C=O) groups excluding carboxylic acids is 1. The van der Waals surface area contributed by atoms with Gasteiger partial charge in [-0.25, -0.2) is 13.1 Å². The molecular weight excluding hydrogens is 376 g/mol. The van der Waals surface area contributed by atoms with E-state index >= 15 is 0 Å². The molecule has 2 aromatic carbocycles. The second-order valence-electron chi connectivity index (χ2n) is 5.84. The van der Waals surface area contributed by atoms with Crippen molar-refractivity contribution in [2.24, 2.45) is 0 Å². The molecule has 1 amide bonds. The van der Waals surface area contributed by atoms with Crippen molar-refractivity contribution < 1.29 is 17.9 Å². The summed E-state index contributed by atoms with van der Waals surface area (Å²) in [7, 11) is -3.70. The van der Waals surface area contributed by atoms with E-state index < -0.39 is 10.0 Å². The second kappa shape index (κ2) is 9.02. The minimum atomic E-state index is -3.70. The molecule has 8 heteroatoms. The average Bonchev–Trinajstić information content (AvgIpc) is 2.56. The van der Waals surface area contributed by atoms with Crippen LogP contribution in [0.1, 0.15) is 20.3 Å². The smallest absolute Gasteiger partial charge is 0.240 e. The quantitative estimate of drug-likeness (QED) is 0.715. The Morgan fingerprint density at radius 2 is 1.85 bits per heavy atom. The molecule has 0 fully saturated rings. The largest absolute Gasteiger partial charge is 0.491 e. The van der Waals surface area contributed by atoms with Gasteiger partial charge < -0.3 is 10.1 Å². The van der Waals surface area contributed by atoms with Crippen molar-refractivity contribution >= 4 is 33.2 Å². The Hall–Kier alpha value is -2.09. The average molecular weight is 397 g/mol. The number of halogens is 1. The fourth-order valence-electron chi connectivity index (χ4n) is 2.13. The number of nitrogens with one attached hydrogen (secondary N) is 2. The Labute approximate surface area is 158 Å². The van der Waals surface area contributed by atoms with Crippen LogP contribution in [0.3, 0.4) is 0 Å². The van der Waals surface area contributed by atoms with Crippen LogP contribution in [0.4, 0.5) is 5.69 Å². The van der Waals surface area contributed by atoms with Gasteiger partial charge in [0.25, 0.3) is 0 Å². The molecule has 0 unspecified atom stereocenters. The van der Waals surface area contributed by atoms with Gasteiger partial charge in [-0.05, 0) is 56.3 Å². The zero-order valence-electron chi connectivity index (χ0n) is 14.5. The van der Waals surface area contributed by atoms with Gasteiger partial charge in [0.1, 0.15) is 5.75 Å². The summed E-state index contributed by atoms with van der Waals surface area (Å²) < 4.78 is 32.2. The van der Waals surface area contributed by atoms with Gasteiger partial charge >= 0.3 is 0 Å². The number of hydrogen-bond acceptors (Lipinski definition) is 4. The number of amides is 1. The fourth-order valence-corrected chi connectivity index (χ4v) is 3.46. The van der Waals surface area contributed by atoms with Crippen molar-refractivity contribution in [1.82, 2.24) is 4.72 Å². The third kappa shape index (κ3) is 6.33. The number of sulfonamides is 1. The van der Waals surface area contributed by atoms with Crippen molar-refractivity contribution in [2.45, 2.75) is 31.3 Å². The second-order valence-corrected chi connectivity index (χ2v) is 8.05. The van der Waals surface area contributed by atoms with Gasteiger partial charge in [-0.2, -0.15) is 0 Å². The van der Waals surface area contributed by atoms with E-state index in [1.54, 1.807) is 36.4 Å². The summed E-state index contributed by atoms with van der Waals surface area (Å²) in [4.78, 5) is 12.0. The molecule has 2 aromatic rings. The van der Waals surface area contributed by atoms with E-state index in [0.717, 1.165) is 0 Å². The lowest BCUT2D eigenvalue weighted by atomic mass is 10.3. The highest BCUT2D eigenvalue weighted by atomic mass is 35.5. The summed E-state index contributed by atoms with van der Waals surface area (Å²) in [6, 6.07) is 12.9. The van der Waals surface area contributed by atoms with Gasteiger partial charge in [-0.1, -0.05) is 17.7 Å². The highest BCUT2D eigenvalue weighted by molar-refractivity contribution is 7.89. The third-order valence-electron chi connectivity index (χ3n) is 3.26. The Morgan fingerprint density at radius 1 is 1.15 bits per heavy atom. The Morgan fingerprint density at radius 3 is 2.46 bits per heavy atom. The van der Waals surface area contributed by atoms with Crippen LogP contribution < -0.4 is 14.8 Å². The van der Waals surface area contributed by atoms with E-state index in [4.69, 9.17) is 16.3 Å². The van der Waals surface area contributed by atoms with Gasteiger partial charge in [0.05, 0.1) is 11.0 Å². The molecule has 0 radical (unpaired) electrons. The topological polar surface area (TPSA) is 84.5 Å². The van der Waals surface area contributed by atoms with Crippen molar-refractivity contribution in [3.63, 3.8) is 0 Å². The third-order valence-corrected chi connectivity index (χ3v) is 4.95. The van der Waals surface area contributed by atoms with Crippen molar-refractivity contribution in [3.8, 4) is 5.75 Å². The highest BCUT2D eigenvalue weighted by Gasteiger charge is 2.14. The van der Waals surface area contributed by atoms with E-state index in [-0.39, 0.29) is 29.9 Å². The van der Waals surface area contributed by atoms with E-state index in [0.29, 0.717) is 16.5 Å². The first-order valence-corrected chi connectivity index (χ1v) is 9.94. The number of rotatable bonds is 8. The van der Waals surface area contributed by atoms with E-state index in [1.807, 2.05) is 13.8 Å². The zero-order chi connectivity index (χ0) is 19.2. The minimum absolute atomic E-state index is 0.00401. The molecule has 140 valence electrons. The Kier molecular flexibility index (Phi) is 7.02. The summed E-state index contributed by atoms with van der Waals surface area (Å²) in [6.45, 7) is 3.84. The first kappa shape index (κ1) is 20.2. The predicted molar refractivity (Wildman–Crippen MR) is 102 cm³/mol. The summed E-state index contributed by atoms with van der Waals surface area (Å²) in [5.74, 6) is 0.420. The van der Waals surface area contributed by atoms with Crippen molar-refractivity contribution in [2.75, 3.05) is 11.9 Å². The molecule has 0 aliphatic rings. The van der Waals surface area contributed by atoms with Crippen LogP contribution in [0, 0.1) is 0 Å². The SMILES string of the molecule is CC(C)Oc1ccc(NC(=O)CCNS(=O)(=O)c2cccc(Cl)c2)cc1. The minimum Gasteiger partial charge on any atom is -0.491 e. The molecule has 0 atom stereocenters.